The van der Waals surface area contributed by atoms with Crippen LogP contribution < -0.4 is 20.9 Å². The fourth-order valence-electron chi connectivity index (χ4n) is 4.26. The van der Waals surface area contributed by atoms with Crippen LogP contribution in [0.4, 0.5) is 23.1 Å². The molecular formula is C25H30N8O. The van der Waals surface area contributed by atoms with E-state index in [2.05, 4.69) is 47.9 Å². The number of benzene rings is 1. The quantitative estimate of drug-likeness (QED) is 0.473. The first-order chi connectivity index (χ1) is 16.7. The number of nitrogens with one attached hydrogen (secondary N) is 3. The van der Waals surface area contributed by atoms with Crippen molar-refractivity contribution in [3.05, 3.63) is 54.9 Å². The lowest BCUT2D eigenvalue weighted by Gasteiger charge is -2.36. The van der Waals surface area contributed by atoms with Gasteiger partial charge in [-0.05, 0) is 49.4 Å². The summed E-state index contributed by atoms with van der Waals surface area (Å²) in [7, 11) is 0. The predicted octanol–water partition coefficient (Wildman–Crippen LogP) is 2.73. The van der Waals surface area contributed by atoms with Crippen LogP contribution in [-0.4, -0.2) is 71.6 Å². The average Bonchev–Trinajstić information content (AvgIpc) is 2.88. The first-order valence-electron chi connectivity index (χ1n) is 11.9. The Hall–Kier alpha value is -3.72. The van der Waals surface area contributed by atoms with Crippen LogP contribution in [-0.2, 0) is 4.79 Å². The summed E-state index contributed by atoms with van der Waals surface area (Å²) in [5.74, 6) is 1.60. The molecule has 176 valence electrons. The van der Waals surface area contributed by atoms with Gasteiger partial charge in [0, 0.05) is 75.0 Å². The highest BCUT2D eigenvalue weighted by Gasteiger charge is 2.21. The van der Waals surface area contributed by atoms with E-state index in [1.54, 1.807) is 6.20 Å². The zero-order chi connectivity index (χ0) is 23.2. The van der Waals surface area contributed by atoms with E-state index in [0.29, 0.717) is 18.9 Å². The van der Waals surface area contributed by atoms with Crippen molar-refractivity contribution in [3.8, 4) is 11.3 Å². The number of carbonyl (C=O) groups excluding carboxylic acids is 1. The molecule has 9 heteroatoms. The molecule has 0 unspecified atom stereocenters. The van der Waals surface area contributed by atoms with Gasteiger partial charge in [0.1, 0.15) is 5.82 Å². The second-order valence-corrected chi connectivity index (χ2v) is 8.52. The molecule has 34 heavy (non-hydrogen) atoms. The topological polar surface area (TPSA) is 98.3 Å². The van der Waals surface area contributed by atoms with Crippen LogP contribution in [0.15, 0.2) is 54.9 Å². The minimum atomic E-state index is 0.223. The number of aromatic nitrogens is 3. The Morgan fingerprint density at radius 1 is 0.882 bits per heavy atom. The number of amides is 1. The summed E-state index contributed by atoms with van der Waals surface area (Å²) in [6, 6.07) is 14.1. The molecule has 0 atom stereocenters. The number of piperazine rings is 1. The van der Waals surface area contributed by atoms with Gasteiger partial charge in [0.15, 0.2) is 0 Å². The molecule has 0 spiro atoms. The lowest BCUT2D eigenvalue weighted by Crippen LogP contribution is -2.49. The number of pyridine rings is 1. The largest absolute Gasteiger partial charge is 0.370 e. The summed E-state index contributed by atoms with van der Waals surface area (Å²) >= 11 is 0. The highest BCUT2D eigenvalue weighted by molar-refractivity contribution is 5.76. The molecule has 5 aliphatic rings. The first kappa shape index (κ1) is 22.1. The normalized spacial score (nSPS) is 17.2. The van der Waals surface area contributed by atoms with Crippen molar-refractivity contribution in [2.45, 2.75) is 12.8 Å². The molecule has 0 radical (unpaired) electrons. The van der Waals surface area contributed by atoms with Crippen molar-refractivity contribution < 1.29 is 4.79 Å². The third-order valence-corrected chi connectivity index (χ3v) is 6.17. The highest BCUT2D eigenvalue weighted by atomic mass is 16.2. The van der Waals surface area contributed by atoms with Crippen LogP contribution in [0, 0.1) is 0 Å². The number of rotatable bonds is 0. The van der Waals surface area contributed by atoms with Crippen LogP contribution in [0.2, 0.25) is 0 Å². The third kappa shape index (κ3) is 5.43. The van der Waals surface area contributed by atoms with Crippen LogP contribution in [0.1, 0.15) is 12.8 Å². The summed E-state index contributed by atoms with van der Waals surface area (Å²) in [5, 5.41) is 10.1. The van der Waals surface area contributed by atoms with Crippen molar-refractivity contribution in [2.75, 3.05) is 61.3 Å². The number of anilines is 4. The molecule has 1 fully saturated rings. The van der Waals surface area contributed by atoms with E-state index in [0.717, 1.165) is 74.1 Å². The SMILES string of the molecule is O=C1CCNCCCNc2ccc(cn2)-c2ccnc(n2)Nc2cccc(c2)N2CCN1CC2. The molecule has 5 aliphatic heterocycles. The van der Waals surface area contributed by atoms with E-state index in [9.17, 15) is 4.79 Å². The maximum Gasteiger partial charge on any atom is 0.227 e. The van der Waals surface area contributed by atoms with Crippen molar-refractivity contribution in [2.24, 2.45) is 0 Å². The number of hydrogen-bond acceptors (Lipinski definition) is 8. The zero-order valence-corrected chi connectivity index (χ0v) is 19.2. The summed E-state index contributed by atoms with van der Waals surface area (Å²) in [6.07, 6.45) is 5.07. The maximum atomic E-state index is 12.6. The molecule has 2 aromatic heterocycles. The van der Waals surface area contributed by atoms with E-state index in [1.165, 1.54) is 0 Å². The summed E-state index contributed by atoms with van der Waals surface area (Å²) in [5.41, 5.74) is 3.80. The molecule has 0 saturated carbocycles. The van der Waals surface area contributed by atoms with E-state index in [-0.39, 0.29) is 5.91 Å². The Kier molecular flexibility index (Phi) is 6.81. The average molecular weight is 459 g/mol. The number of nitrogens with zero attached hydrogens (tertiary/aromatic N) is 5. The van der Waals surface area contributed by atoms with E-state index in [1.807, 2.05) is 41.4 Å². The molecule has 7 heterocycles. The van der Waals surface area contributed by atoms with E-state index < -0.39 is 0 Å². The van der Waals surface area contributed by atoms with Gasteiger partial charge in [-0.3, -0.25) is 4.79 Å². The maximum absolute atomic E-state index is 12.6. The van der Waals surface area contributed by atoms with Crippen LogP contribution in [0.25, 0.3) is 11.3 Å². The molecule has 1 saturated heterocycles. The van der Waals surface area contributed by atoms with Crippen molar-refractivity contribution in [3.63, 3.8) is 0 Å². The number of carbonyl (C=O) groups is 1. The lowest BCUT2D eigenvalue weighted by molar-refractivity contribution is -0.131. The third-order valence-electron chi connectivity index (χ3n) is 6.17. The van der Waals surface area contributed by atoms with Crippen molar-refractivity contribution >= 4 is 29.0 Å². The molecule has 0 aliphatic carbocycles. The van der Waals surface area contributed by atoms with Gasteiger partial charge in [-0.25, -0.2) is 15.0 Å². The standard InChI is InChI=1S/C25H30N8O/c34-24-8-11-26-9-2-10-27-23-6-5-19(18-29-23)22-7-12-28-25(31-22)30-20-3-1-4-21(17-20)32-13-15-33(24)16-14-32/h1,3-7,12,17-18,26H,2,8-11,13-16H2,(H,27,29)(H,28,30,31). The second kappa shape index (κ2) is 10.5. The van der Waals surface area contributed by atoms with Gasteiger partial charge in [0.2, 0.25) is 11.9 Å². The molecular weight excluding hydrogens is 428 g/mol. The lowest BCUT2D eigenvalue weighted by atomic mass is 10.2. The Balaban J connectivity index is 1.37. The van der Waals surface area contributed by atoms with Gasteiger partial charge >= 0.3 is 0 Å². The van der Waals surface area contributed by atoms with Crippen LogP contribution in [0.3, 0.4) is 0 Å². The fourth-order valence-corrected chi connectivity index (χ4v) is 4.26. The van der Waals surface area contributed by atoms with Gasteiger partial charge in [0.25, 0.3) is 0 Å². The molecule has 9 nitrogen and oxygen atoms in total. The van der Waals surface area contributed by atoms with Crippen molar-refractivity contribution in [1.29, 1.82) is 0 Å². The minimum Gasteiger partial charge on any atom is -0.370 e. The molecule has 1 aromatic carbocycles. The summed E-state index contributed by atoms with van der Waals surface area (Å²) < 4.78 is 0. The monoisotopic (exact) mass is 458 g/mol. The summed E-state index contributed by atoms with van der Waals surface area (Å²) in [4.78, 5) is 30.5. The minimum absolute atomic E-state index is 0.223. The Labute approximate surface area is 199 Å². The van der Waals surface area contributed by atoms with Gasteiger partial charge < -0.3 is 25.8 Å². The Bertz CT molecular complexity index is 1110. The summed E-state index contributed by atoms with van der Waals surface area (Å²) in [6.45, 7) is 5.52. The Morgan fingerprint density at radius 2 is 1.76 bits per heavy atom. The Morgan fingerprint density at radius 3 is 2.62 bits per heavy atom. The fraction of sp³-hybridized carbons (Fsp3) is 0.360. The van der Waals surface area contributed by atoms with Crippen LogP contribution >= 0.6 is 0 Å². The molecule has 8 rings (SSSR count). The van der Waals surface area contributed by atoms with Crippen molar-refractivity contribution in [1.82, 2.24) is 25.2 Å². The smallest absolute Gasteiger partial charge is 0.227 e. The van der Waals surface area contributed by atoms with E-state index >= 15 is 0 Å². The van der Waals surface area contributed by atoms with Gasteiger partial charge in [-0.1, -0.05) is 6.07 Å². The van der Waals surface area contributed by atoms with Crippen LogP contribution in [0.5, 0.6) is 0 Å². The molecule has 3 aromatic rings. The van der Waals surface area contributed by atoms with Gasteiger partial charge in [-0.2, -0.15) is 0 Å². The predicted molar refractivity (Wildman–Crippen MR) is 134 cm³/mol. The number of hydrogen-bond donors (Lipinski definition) is 3. The molecule has 8 bridgehead atoms. The highest BCUT2D eigenvalue weighted by Crippen LogP contribution is 2.24. The zero-order valence-electron chi connectivity index (χ0n) is 19.2. The van der Waals surface area contributed by atoms with Gasteiger partial charge in [0.05, 0.1) is 5.69 Å². The van der Waals surface area contributed by atoms with Gasteiger partial charge in [-0.15, -0.1) is 0 Å². The second-order valence-electron chi connectivity index (χ2n) is 8.52. The molecule has 1 amide bonds. The first-order valence-corrected chi connectivity index (χ1v) is 11.9. The van der Waals surface area contributed by atoms with E-state index in [4.69, 9.17) is 0 Å². The molecule has 3 N–H and O–H groups in total.